The van der Waals surface area contributed by atoms with E-state index in [1.54, 1.807) is 0 Å². The maximum absolute atomic E-state index is 12.1. The number of rotatable bonds is 7. The molecule has 0 bridgehead atoms. The van der Waals surface area contributed by atoms with Crippen molar-refractivity contribution in [1.29, 1.82) is 0 Å². The van der Waals surface area contributed by atoms with E-state index in [-0.39, 0.29) is 6.03 Å². The quantitative estimate of drug-likeness (QED) is 0.631. The van der Waals surface area contributed by atoms with Crippen LogP contribution in [0, 0.1) is 20.8 Å². The van der Waals surface area contributed by atoms with Crippen LogP contribution in [-0.4, -0.2) is 32.1 Å². The topological polar surface area (TPSA) is 76.8 Å². The average molecular weight is 366 g/mol. The number of nitrogens with one attached hydrogen (secondary N) is 2. The molecule has 7 heteroatoms. The number of aryl methyl sites for hydroxylation is 3. The molecule has 0 aliphatic heterocycles. The van der Waals surface area contributed by atoms with Gasteiger partial charge in [0.05, 0.1) is 17.6 Å². The van der Waals surface area contributed by atoms with Gasteiger partial charge in [0, 0.05) is 37.1 Å². The maximum atomic E-state index is 12.1. The van der Waals surface area contributed by atoms with Crippen LogP contribution in [0.25, 0.3) is 5.69 Å². The van der Waals surface area contributed by atoms with Gasteiger partial charge in [0.2, 0.25) is 0 Å². The highest BCUT2D eigenvalue weighted by Gasteiger charge is 2.13. The van der Waals surface area contributed by atoms with Crippen molar-refractivity contribution in [2.45, 2.75) is 40.3 Å². The van der Waals surface area contributed by atoms with E-state index >= 15 is 0 Å². The third-order valence-electron chi connectivity index (χ3n) is 4.48. The third kappa shape index (κ3) is 4.75. The number of carbonyl (C=O) groups is 1. The van der Waals surface area contributed by atoms with Crippen molar-refractivity contribution in [2.24, 2.45) is 0 Å². The Kier molecular flexibility index (Phi) is 5.90. The van der Waals surface area contributed by atoms with Crippen LogP contribution in [0.4, 0.5) is 4.79 Å². The van der Waals surface area contributed by atoms with Crippen molar-refractivity contribution in [2.75, 3.05) is 6.54 Å². The highest BCUT2D eigenvalue weighted by molar-refractivity contribution is 5.73. The summed E-state index contributed by atoms with van der Waals surface area (Å²) in [5.74, 6) is 0. The number of hydrogen-bond acceptors (Lipinski definition) is 3. The predicted octanol–water partition coefficient (Wildman–Crippen LogP) is 2.88. The Bertz CT molecular complexity index is 897. The molecular weight excluding hydrogens is 340 g/mol. The van der Waals surface area contributed by atoms with E-state index in [1.807, 2.05) is 72.9 Å². The minimum absolute atomic E-state index is 0.169. The summed E-state index contributed by atoms with van der Waals surface area (Å²) in [6.07, 6.45) is 4.66. The Balaban J connectivity index is 1.48. The number of carbonyl (C=O) groups excluding carboxylic acids is 1. The molecule has 2 heterocycles. The van der Waals surface area contributed by atoms with Gasteiger partial charge in [-0.05, 0) is 44.9 Å². The van der Waals surface area contributed by atoms with Crippen LogP contribution < -0.4 is 10.6 Å². The normalized spacial score (nSPS) is 10.8. The van der Waals surface area contributed by atoms with Gasteiger partial charge in [0.15, 0.2) is 0 Å². The lowest BCUT2D eigenvalue weighted by Gasteiger charge is -2.09. The van der Waals surface area contributed by atoms with E-state index in [9.17, 15) is 4.79 Å². The Morgan fingerprint density at radius 3 is 2.59 bits per heavy atom. The van der Waals surface area contributed by atoms with Gasteiger partial charge in [-0.2, -0.15) is 10.2 Å². The summed E-state index contributed by atoms with van der Waals surface area (Å²) < 4.78 is 3.80. The molecule has 2 amide bonds. The first kappa shape index (κ1) is 18.7. The monoisotopic (exact) mass is 366 g/mol. The van der Waals surface area contributed by atoms with Gasteiger partial charge in [0.25, 0.3) is 0 Å². The summed E-state index contributed by atoms with van der Waals surface area (Å²) in [7, 11) is 0. The Morgan fingerprint density at radius 1 is 1.11 bits per heavy atom. The summed E-state index contributed by atoms with van der Waals surface area (Å²) in [5, 5.41) is 14.7. The van der Waals surface area contributed by atoms with Crippen LogP contribution in [0.3, 0.4) is 0 Å². The molecule has 2 aromatic heterocycles. The van der Waals surface area contributed by atoms with E-state index in [4.69, 9.17) is 0 Å². The number of nitrogens with zero attached hydrogens (tertiary/aromatic N) is 4. The van der Waals surface area contributed by atoms with E-state index in [1.165, 1.54) is 0 Å². The fraction of sp³-hybridized carbons (Fsp3) is 0.350. The third-order valence-corrected chi connectivity index (χ3v) is 4.48. The number of urea groups is 1. The SMILES string of the molecule is Cc1cnn(CCCNC(=O)NCc2c(C)nn(-c3ccccc3)c2C)c1. The number of hydrogen-bond donors (Lipinski definition) is 2. The van der Waals surface area contributed by atoms with Crippen molar-refractivity contribution in [3.05, 3.63) is 65.2 Å². The molecule has 3 aromatic rings. The van der Waals surface area contributed by atoms with Crippen molar-refractivity contribution < 1.29 is 4.79 Å². The predicted molar refractivity (Wildman–Crippen MR) is 105 cm³/mol. The molecule has 0 aliphatic carbocycles. The number of amides is 2. The van der Waals surface area contributed by atoms with Gasteiger partial charge in [-0.1, -0.05) is 18.2 Å². The van der Waals surface area contributed by atoms with Crippen LogP contribution in [-0.2, 0) is 13.1 Å². The fourth-order valence-electron chi connectivity index (χ4n) is 3.01. The standard InChI is InChI=1S/C20H26N6O/c1-15-12-23-25(14-15)11-7-10-21-20(27)22-13-19-16(2)24-26(17(19)3)18-8-5-4-6-9-18/h4-6,8-9,12,14H,7,10-11,13H2,1-3H3,(H2,21,22,27). The van der Waals surface area contributed by atoms with Gasteiger partial charge >= 0.3 is 6.03 Å². The minimum Gasteiger partial charge on any atom is -0.338 e. The molecule has 27 heavy (non-hydrogen) atoms. The minimum atomic E-state index is -0.169. The van der Waals surface area contributed by atoms with Crippen molar-refractivity contribution in [3.8, 4) is 5.69 Å². The molecule has 0 fully saturated rings. The molecule has 0 saturated carbocycles. The van der Waals surface area contributed by atoms with Gasteiger partial charge in [-0.15, -0.1) is 0 Å². The number of para-hydroxylation sites is 1. The highest BCUT2D eigenvalue weighted by Crippen LogP contribution is 2.17. The van der Waals surface area contributed by atoms with Crippen LogP contribution in [0.15, 0.2) is 42.7 Å². The zero-order chi connectivity index (χ0) is 19.2. The summed E-state index contributed by atoms with van der Waals surface area (Å²) in [5.41, 5.74) is 5.16. The fourth-order valence-corrected chi connectivity index (χ4v) is 3.01. The summed E-state index contributed by atoms with van der Waals surface area (Å²) in [6.45, 7) is 7.84. The lowest BCUT2D eigenvalue weighted by atomic mass is 10.2. The van der Waals surface area contributed by atoms with Gasteiger partial charge in [-0.3, -0.25) is 4.68 Å². The zero-order valence-electron chi connectivity index (χ0n) is 16.1. The summed E-state index contributed by atoms with van der Waals surface area (Å²) in [6, 6.07) is 9.83. The van der Waals surface area contributed by atoms with E-state index in [0.29, 0.717) is 13.1 Å². The molecule has 0 spiro atoms. The second kappa shape index (κ2) is 8.53. The molecule has 0 atom stereocenters. The zero-order valence-corrected chi connectivity index (χ0v) is 16.1. The Hall–Kier alpha value is -3.09. The number of benzene rings is 1. The smallest absolute Gasteiger partial charge is 0.315 e. The number of aromatic nitrogens is 4. The Labute approximate surface area is 159 Å². The molecule has 2 N–H and O–H groups in total. The molecule has 0 aliphatic rings. The van der Waals surface area contributed by atoms with Crippen LogP contribution in [0.2, 0.25) is 0 Å². The van der Waals surface area contributed by atoms with Crippen molar-refractivity contribution in [1.82, 2.24) is 30.2 Å². The van der Waals surface area contributed by atoms with Crippen molar-refractivity contribution >= 4 is 6.03 Å². The van der Waals surface area contributed by atoms with E-state index in [2.05, 4.69) is 20.8 Å². The lowest BCUT2D eigenvalue weighted by molar-refractivity contribution is 0.240. The second-order valence-corrected chi connectivity index (χ2v) is 6.64. The molecule has 1 aromatic carbocycles. The highest BCUT2D eigenvalue weighted by atomic mass is 16.2. The van der Waals surface area contributed by atoms with Gasteiger partial charge in [0.1, 0.15) is 0 Å². The first-order valence-electron chi connectivity index (χ1n) is 9.16. The van der Waals surface area contributed by atoms with Crippen LogP contribution in [0.1, 0.15) is 28.9 Å². The first-order valence-corrected chi connectivity index (χ1v) is 9.16. The molecule has 7 nitrogen and oxygen atoms in total. The molecule has 142 valence electrons. The molecule has 0 radical (unpaired) electrons. The molecular formula is C20H26N6O. The lowest BCUT2D eigenvalue weighted by Crippen LogP contribution is -2.36. The maximum Gasteiger partial charge on any atom is 0.315 e. The van der Waals surface area contributed by atoms with Gasteiger partial charge in [-0.25, -0.2) is 9.48 Å². The summed E-state index contributed by atoms with van der Waals surface area (Å²) >= 11 is 0. The van der Waals surface area contributed by atoms with E-state index in [0.717, 1.165) is 41.2 Å². The first-order chi connectivity index (χ1) is 13.0. The summed E-state index contributed by atoms with van der Waals surface area (Å²) in [4.78, 5) is 12.1. The van der Waals surface area contributed by atoms with Crippen LogP contribution >= 0.6 is 0 Å². The van der Waals surface area contributed by atoms with Gasteiger partial charge < -0.3 is 10.6 Å². The van der Waals surface area contributed by atoms with Crippen molar-refractivity contribution in [3.63, 3.8) is 0 Å². The second-order valence-electron chi connectivity index (χ2n) is 6.64. The molecule has 0 saturated heterocycles. The molecule has 3 rings (SSSR count). The van der Waals surface area contributed by atoms with Crippen LogP contribution in [0.5, 0.6) is 0 Å². The average Bonchev–Trinajstić information content (AvgIpc) is 3.20. The Morgan fingerprint density at radius 2 is 1.89 bits per heavy atom. The van der Waals surface area contributed by atoms with E-state index < -0.39 is 0 Å². The largest absolute Gasteiger partial charge is 0.338 e. The molecule has 0 unspecified atom stereocenters.